The molecule has 7 heteroatoms. The van der Waals surface area contributed by atoms with Crippen molar-refractivity contribution in [2.45, 2.75) is 29.9 Å². The second kappa shape index (κ2) is 8.05. The van der Waals surface area contributed by atoms with Gasteiger partial charge in [-0.15, -0.1) is 11.3 Å². The first kappa shape index (κ1) is 18.7. The third-order valence-electron chi connectivity index (χ3n) is 4.46. The molecule has 1 aliphatic rings. The predicted octanol–water partition coefficient (Wildman–Crippen LogP) is 3.80. The SMILES string of the molecule is CN(c1ccc(C(=O)NCC2=CCCCC2)cc1)S(=O)(=O)c1cccs1. The summed E-state index contributed by atoms with van der Waals surface area (Å²) < 4.78 is 26.6. The molecule has 26 heavy (non-hydrogen) atoms. The zero-order valence-electron chi connectivity index (χ0n) is 14.6. The molecule has 0 bridgehead atoms. The van der Waals surface area contributed by atoms with Crippen LogP contribution in [0.15, 0.2) is 57.6 Å². The van der Waals surface area contributed by atoms with Gasteiger partial charge in [-0.2, -0.15) is 0 Å². The molecule has 0 saturated carbocycles. The van der Waals surface area contributed by atoms with E-state index in [2.05, 4.69) is 11.4 Å². The van der Waals surface area contributed by atoms with Crippen molar-refractivity contribution in [2.75, 3.05) is 17.9 Å². The average Bonchev–Trinajstić information content (AvgIpc) is 3.22. The summed E-state index contributed by atoms with van der Waals surface area (Å²) in [5.74, 6) is -0.146. The Labute approximate surface area is 158 Å². The molecular weight excluding hydrogens is 368 g/mol. The highest BCUT2D eigenvalue weighted by molar-refractivity contribution is 7.94. The molecule has 1 N–H and O–H groups in total. The van der Waals surface area contributed by atoms with Gasteiger partial charge in [0.15, 0.2) is 0 Å². The number of nitrogens with zero attached hydrogens (tertiary/aromatic N) is 1. The van der Waals surface area contributed by atoms with Crippen LogP contribution in [-0.4, -0.2) is 27.9 Å². The zero-order valence-corrected chi connectivity index (χ0v) is 16.3. The van der Waals surface area contributed by atoms with Crippen LogP contribution in [0.2, 0.25) is 0 Å². The number of hydrogen-bond acceptors (Lipinski definition) is 4. The van der Waals surface area contributed by atoms with Gasteiger partial charge >= 0.3 is 0 Å². The van der Waals surface area contributed by atoms with Gasteiger partial charge in [0.05, 0.1) is 5.69 Å². The maximum atomic E-state index is 12.5. The first-order chi connectivity index (χ1) is 12.5. The predicted molar refractivity (Wildman–Crippen MR) is 105 cm³/mol. The van der Waals surface area contributed by atoms with Crippen molar-refractivity contribution < 1.29 is 13.2 Å². The molecule has 0 radical (unpaired) electrons. The quantitative estimate of drug-likeness (QED) is 0.763. The molecule has 1 aromatic heterocycles. The van der Waals surface area contributed by atoms with Gasteiger partial charge in [0, 0.05) is 19.2 Å². The van der Waals surface area contributed by atoms with E-state index in [1.54, 1.807) is 41.8 Å². The third-order valence-corrected chi connectivity index (χ3v) is 7.62. The van der Waals surface area contributed by atoms with Gasteiger partial charge in [-0.25, -0.2) is 8.42 Å². The number of amides is 1. The van der Waals surface area contributed by atoms with E-state index in [9.17, 15) is 13.2 Å². The molecule has 0 aliphatic heterocycles. The van der Waals surface area contributed by atoms with Crippen molar-refractivity contribution in [3.8, 4) is 0 Å². The maximum Gasteiger partial charge on any atom is 0.273 e. The van der Waals surface area contributed by atoms with Crippen LogP contribution in [0.5, 0.6) is 0 Å². The lowest BCUT2D eigenvalue weighted by molar-refractivity contribution is 0.0956. The molecule has 0 spiro atoms. The van der Waals surface area contributed by atoms with Gasteiger partial charge in [0.1, 0.15) is 4.21 Å². The molecule has 0 fully saturated rings. The van der Waals surface area contributed by atoms with Crippen molar-refractivity contribution in [3.63, 3.8) is 0 Å². The Morgan fingerprint density at radius 1 is 1.19 bits per heavy atom. The number of carbonyl (C=O) groups excluding carboxylic acids is 1. The molecule has 0 unspecified atom stereocenters. The van der Waals surface area contributed by atoms with Gasteiger partial charge in [0.2, 0.25) is 0 Å². The molecule has 1 heterocycles. The number of thiophene rings is 1. The minimum atomic E-state index is -3.56. The smallest absolute Gasteiger partial charge is 0.273 e. The Balaban J connectivity index is 1.66. The molecule has 0 atom stereocenters. The molecule has 0 saturated heterocycles. The lowest BCUT2D eigenvalue weighted by atomic mass is 9.99. The van der Waals surface area contributed by atoms with Crippen molar-refractivity contribution in [3.05, 3.63) is 59.0 Å². The van der Waals surface area contributed by atoms with E-state index in [0.29, 0.717) is 22.0 Å². The highest BCUT2D eigenvalue weighted by Crippen LogP contribution is 2.25. The number of anilines is 1. The Morgan fingerprint density at radius 3 is 2.58 bits per heavy atom. The van der Waals surface area contributed by atoms with Crippen molar-refractivity contribution in [1.29, 1.82) is 0 Å². The Morgan fingerprint density at radius 2 is 1.96 bits per heavy atom. The van der Waals surface area contributed by atoms with Crippen LogP contribution < -0.4 is 9.62 Å². The van der Waals surface area contributed by atoms with E-state index < -0.39 is 10.0 Å². The normalized spacial score (nSPS) is 14.6. The van der Waals surface area contributed by atoms with E-state index in [1.807, 2.05) is 0 Å². The molecule has 5 nitrogen and oxygen atoms in total. The summed E-state index contributed by atoms with van der Waals surface area (Å²) in [6.45, 7) is 0.577. The minimum Gasteiger partial charge on any atom is -0.348 e. The third kappa shape index (κ3) is 4.16. The number of sulfonamides is 1. The van der Waals surface area contributed by atoms with Crippen LogP contribution in [0, 0.1) is 0 Å². The van der Waals surface area contributed by atoms with Crippen molar-refractivity contribution in [1.82, 2.24) is 5.32 Å². The number of hydrogen-bond donors (Lipinski definition) is 1. The van der Waals surface area contributed by atoms with Crippen LogP contribution in [-0.2, 0) is 10.0 Å². The van der Waals surface area contributed by atoms with Crippen LogP contribution in [0.1, 0.15) is 36.0 Å². The van der Waals surface area contributed by atoms with Crippen LogP contribution in [0.4, 0.5) is 5.69 Å². The van der Waals surface area contributed by atoms with E-state index in [4.69, 9.17) is 0 Å². The fourth-order valence-corrected chi connectivity index (χ4v) is 5.22. The highest BCUT2D eigenvalue weighted by Gasteiger charge is 2.22. The summed E-state index contributed by atoms with van der Waals surface area (Å²) in [5.41, 5.74) is 2.32. The van der Waals surface area contributed by atoms with E-state index in [0.717, 1.165) is 12.8 Å². The van der Waals surface area contributed by atoms with Crippen LogP contribution in [0.3, 0.4) is 0 Å². The van der Waals surface area contributed by atoms with E-state index in [-0.39, 0.29) is 5.91 Å². The number of benzene rings is 1. The summed E-state index contributed by atoms with van der Waals surface area (Å²) in [6, 6.07) is 9.90. The monoisotopic (exact) mass is 390 g/mol. The van der Waals surface area contributed by atoms with E-state index >= 15 is 0 Å². The molecule has 1 aromatic carbocycles. The van der Waals surface area contributed by atoms with Gasteiger partial charge in [0.25, 0.3) is 15.9 Å². The van der Waals surface area contributed by atoms with Crippen molar-refractivity contribution in [2.24, 2.45) is 0 Å². The summed E-state index contributed by atoms with van der Waals surface area (Å²) in [7, 11) is -2.05. The molecular formula is C19H22N2O3S2. The van der Waals surface area contributed by atoms with Crippen molar-refractivity contribution >= 4 is 33.0 Å². The molecule has 2 aromatic rings. The number of nitrogens with one attached hydrogen (secondary N) is 1. The number of allylic oxidation sites excluding steroid dienone is 1. The Kier molecular flexibility index (Phi) is 5.78. The Hall–Kier alpha value is -2.12. The summed E-state index contributed by atoms with van der Waals surface area (Å²) >= 11 is 1.18. The molecule has 1 amide bonds. The molecule has 138 valence electrons. The van der Waals surface area contributed by atoms with Gasteiger partial charge in [-0.3, -0.25) is 9.10 Å². The standard InChI is InChI=1S/C19H22N2O3S2/c1-21(26(23,24)18-8-5-13-25-18)17-11-9-16(10-12-17)19(22)20-14-15-6-3-2-4-7-15/h5-6,8-13H,2-4,7,14H2,1H3,(H,20,22). The largest absolute Gasteiger partial charge is 0.348 e. The maximum absolute atomic E-state index is 12.5. The fraction of sp³-hybridized carbons (Fsp3) is 0.316. The van der Waals surface area contributed by atoms with Gasteiger partial charge in [-0.05, 0) is 61.4 Å². The van der Waals surface area contributed by atoms with E-state index in [1.165, 1.54) is 41.1 Å². The number of carbonyl (C=O) groups is 1. The second-order valence-electron chi connectivity index (χ2n) is 6.24. The molecule has 3 rings (SSSR count). The van der Waals surface area contributed by atoms with Crippen LogP contribution in [0.25, 0.3) is 0 Å². The lowest BCUT2D eigenvalue weighted by Gasteiger charge is -2.18. The average molecular weight is 391 g/mol. The summed E-state index contributed by atoms with van der Waals surface area (Å²) in [6.07, 6.45) is 6.75. The summed E-state index contributed by atoms with van der Waals surface area (Å²) in [5, 5.41) is 4.66. The lowest BCUT2D eigenvalue weighted by Crippen LogP contribution is -2.27. The fourth-order valence-electron chi connectivity index (χ4n) is 2.87. The minimum absolute atomic E-state index is 0.146. The topological polar surface area (TPSA) is 66.5 Å². The van der Waals surface area contributed by atoms with Crippen LogP contribution >= 0.6 is 11.3 Å². The molecule has 1 aliphatic carbocycles. The first-order valence-corrected chi connectivity index (χ1v) is 10.9. The number of rotatable bonds is 6. The zero-order chi connectivity index (χ0) is 18.6. The Bertz CT molecular complexity index is 885. The van der Waals surface area contributed by atoms with Gasteiger partial charge in [-0.1, -0.05) is 17.7 Å². The first-order valence-electron chi connectivity index (χ1n) is 8.57. The van der Waals surface area contributed by atoms with Gasteiger partial charge < -0.3 is 5.32 Å². The second-order valence-corrected chi connectivity index (χ2v) is 9.39. The summed E-state index contributed by atoms with van der Waals surface area (Å²) in [4.78, 5) is 12.3. The highest BCUT2D eigenvalue weighted by atomic mass is 32.2.